The Morgan fingerprint density at radius 2 is 1.97 bits per heavy atom. The molecule has 3 heterocycles. The predicted molar refractivity (Wildman–Crippen MR) is 130 cm³/mol. The van der Waals surface area contributed by atoms with E-state index in [2.05, 4.69) is 26.6 Å². The SMILES string of the molecule is Cc1cccc(-c2noc(-c3cccn4c(=O)n(CC(=O)Nc5ccc6c(c5)CCC6)nc34)n2)c1. The van der Waals surface area contributed by atoms with Crippen LogP contribution in [0.3, 0.4) is 0 Å². The third-order valence-electron chi connectivity index (χ3n) is 6.22. The quantitative estimate of drug-likeness (QED) is 0.424. The minimum atomic E-state index is -0.427. The van der Waals surface area contributed by atoms with Gasteiger partial charge in [0.15, 0.2) is 5.65 Å². The van der Waals surface area contributed by atoms with Crippen molar-refractivity contribution in [1.82, 2.24) is 24.3 Å². The lowest BCUT2D eigenvalue weighted by Crippen LogP contribution is -2.28. The number of benzene rings is 2. The summed E-state index contributed by atoms with van der Waals surface area (Å²) in [4.78, 5) is 30.1. The number of amides is 1. The summed E-state index contributed by atoms with van der Waals surface area (Å²) >= 11 is 0. The zero-order valence-electron chi connectivity index (χ0n) is 19.1. The summed E-state index contributed by atoms with van der Waals surface area (Å²) in [5.41, 5.74) is 5.65. The van der Waals surface area contributed by atoms with E-state index in [1.54, 1.807) is 18.3 Å². The Hall–Kier alpha value is -4.53. The number of fused-ring (bicyclic) bond motifs is 2. The Bertz CT molecular complexity index is 1640. The fraction of sp³-hybridized carbons (Fsp3) is 0.192. The fourth-order valence-corrected chi connectivity index (χ4v) is 4.53. The number of hydrogen-bond donors (Lipinski definition) is 1. The molecule has 9 nitrogen and oxygen atoms in total. The molecule has 2 aromatic carbocycles. The van der Waals surface area contributed by atoms with Crippen LogP contribution >= 0.6 is 0 Å². The van der Waals surface area contributed by atoms with Gasteiger partial charge >= 0.3 is 5.69 Å². The van der Waals surface area contributed by atoms with Gasteiger partial charge in [-0.3, -0.25) is 4.79 Å². The molecule has 9 heteroatoms. The number of aryl methyl sites for hydroxylation is 3. The van der Waals surface area contributed by atoms with Crippen LogP contribution in [0.4, 0.5) is 5.69 Å². The number of aromatic nitrogens is 5. The first kappa shape index (κ1) is 21.0. The number of carbonyl (C=O) groups is 1. The molecular weight excluding hydrogens is 444 g/mol. The highest BCUT2D eigenvalue weighted by molar-refractivity contribution is 5.90. The van der Waals surface area contributed by atoms with Gasteiger partial charge < -0.3 is 9.84 Å². The Morgan fingerprint density at radius 3 is 2.86 bits per heavy atom. The van der Waals surface area contributed by atoms with Gasteiger partial charge in [0.1, 0.15) is 6.54 Å². The average Bonchev–Trinajstić information content (AvgIpc) is 3.59. The van der Waals surface area contributed by atoms with Crippen molar-refractivity contribution in [2.75, 3.05) is 5.32 Å². The molecule has 0 fully saturated rings. The van der Waals surface area contributed by atoms with Gasteiger partial charge in [0.25, 0.3) is 5.89 Å². The number of pyridine rings is 1. The number of rotatable bonds is 5. The molecule has 0 saturated heterocycles. The first-order valence-corrected chi connectivity index (χ1v) is 11.5. The zero-order valence-corrected chi connectivity index (χ0v) is 19.1. The van der Waals surface area contributed by atoms with Crippen molar-refractivity contribution in [3.05, 3.63) is 88.0 Å². The van der Waals surface area contributed by atoms with Gasteiger partial charge in [0.2, 0.25) is 11.7 Å². The molecule has 0 bridgehead atoms. The average molecular weight is 467 g/mol. The fourth-order valence-electron chi connectivity index (χ4n) is 4.53. The first-order valence-electron chi connectivity index (χ1n) is 11.5. The van der Waals surface area contributed by atoms with E-state index in [9.17, 15) is 9.59 Å². The monoisotopic (exact) mass is 466 g/mol. The van der Waals surface area contributed by atoms with E-state index in [0.717, 1.165) is 40.8 Å². The van der Waals surface area contributed by atoms with Crippen molar-refractivity contribution in [2.24, 2.45) is 0 Å². The number of carbonyl (C=O) groups excluding carboxylic acids is 1. The lowest BCUT2D eigenvalue weighted by Gasteiger charge is -2.07. The summed E-state index contributed by atoms with van der Waals surface area (Å²) in [6.07, 6.45) is 4.84. The van der Waals surface area contributed by atoms with Crippen LogP contribution < -0.4 is 11.0 Å². The molecule has 174 valence electrons. The van der Waals surface area contributed by atoms with Crippen LogP contribution in [0, 0.1) is 6.92 Å². The molecular formula is C26H22N6O3. The van der Waals surface area contributed by atoms with E-state index >= 15 is 0 Å². The summed E-state index contributed by atoms with van der Waals surface area (Å²) in [5.74, 6) is 0.364. The Balaban J connectivity index is 1.28. The summed E-state index contributed by atoms with van der Waals surface area (Å²) in [7, 11) is 0. The molecule has 6 rings (SSSR count). The van der Waals surface area contributed by atoms with Crippen molar-refractivity contribution in [3.8, 4) is 22.8 Å². The lowest BCUT2D eigenvalue weighted by atomic mass is 10.1. The third kappa shape index (κ3) is 3.90. The lowest BCUT2D eigenvalue weighted by molar-refractivity contribution is -0.117. The van der Waals surface area contributed by atoms with Crippen molar-refractivity contribution in [3.63, 3.8) is 0 Å². The molecule has 0 aliphatic heterocycles. The van der Waals surface area contributed by atoms with Gasteiger partial charge in [0.05, 0.1) is 5.56 Å². The summed E-state index contributed by atoms with van der Waals surface area (Å²) in [6.45, 7) is 1.78. The minimum Gasteiger partial charge on any atom is -0.333 e. The zero-order chi connectivity index (χ0) is 23.9. The molecule has 1 N–H and O–H groups in total. The van der Waals surface area contributed by atoms with E-state index in [4.69, 9.17) is 4.52 Å². The van der Waals surface area contributed by atoms with E-state index < -0.39 is 5.69 Å². The van der Waals surface area contributed by atoms with E-state index in [0.29, 0.717) is 17.0 Å². The van der Waals surface area contributed by atoms with Gasteiger partial charge in [-0.1, -0.05) is 35.0 Å². The standard InChI is InChI=1S/C26H22N6O3/c1-16-5-2-8-19(13-16)23-28-25(35-30-23)21-9-4-12-31-24(21)29-32(26(31)34)15-22(33)27-20-11-10-17-6-3-7-18(17)14-20/h2,4-5,8-14H,3,6-7,15H2,1H3,(H,27,33). The highest BCUT2D eigenvalue weighted by atomic mass is 16.5. The van der Waals surface area contributed by atoms with Crippen molar-refractivity contribution in [1.29, 1.82) is 0 Å². The highest BCUT2D eigenvalue weighted by Gasteiger charge is 2.19. The topological polar surface area (TPSA) is 107 Å². The molecule has 0 unspecified atom stereocenters. The van der Waals surface area contributed by atoms with E-state index in [1.165, 1.54) is 15.5 Å². The van der Waals surface area contributed by atoms with Crippen LogP contribution in [0.1, 0.15) is 23.1 Å². The molecule has 0 saturated carbocycles. The number of nitrogens with zero attached hydrogens (tertiary/aromatic N) is 5. The van der Waals surface area contributed by atoms with E-state index in [1.807, 2.05) is 43.3 Å². The van der Waals surface area contributed by atoms with Crippen LogP contribution in [0.25, 0.3) is 28.5 Å². The molecule has 1 aliphatic carbocycles. The second-order valence-electron chi connectivity index (χ2n) is 8.73. The van der Waals surface area contributed by atoms with E-state index in [-0.39, 0.29) is 18.3 Å². The first-order chi connectivity index (χ1) is 17.0. The molecule has 0 atom stereocenters. The van der Waals surface area contributed by atoms with Crippen LogP contribution in [0.5, 0.6) is 0 Å². The van der Waals surface area contributed by atoms with Gasteiger partial charge in [-0.2, -0.15) is 4.98 Å². The Morgan fingerprint density at radius 1 is 1.09 bits per heavy atom. The second-order valence-corrected chi connectivity index (χ2v) is 8.73. The maximum Gasteiger partial charge on any atom is 0.350 e. The van der Waals surface area contributed by atoms with Crippen molar-refractivity contribution >= 4 is 17.2 Å². The number of nitrogens with one attached hydrogen (secondary N) is 1. The second kappa shape index (κ2) is 8.35. The minimum absolute atomic E-state index is 0.213. The number of anilines is 1. The normalized spacial score (nSPS) is 12.7. The molecule has 0 radical (unpaired) electrons. The molecule has 3 aromatic heterocycles. The summed E-state index contributed by atoms with van der Waals surface area (Å²) in [6, 6.07) is 17.2. The predicted octanol–water partition coefficient (Wildman–Crippen LogP) is 3.65. The summed E-state index contributed by atoms with van der Waals surface area (Å²) in [5, 5.41) is 11.4. The van der Waals surface area contributed by atoms with Crippen molar-refractivity contribution < 1.29 is 9.32 Å². The van der Waals surface area contributed by atoms with Crippen LogP contribution in [0.15, 0.2) is 70.1 Å². The summed E-state index contributed by atoms with van der Waals surface area (Å²) < 4.78 is 8.00. The smallest absolute Gasteiger partial charge is 0.333 e. The molecule has 5 aromatic rings. The van der Waals surface area contributed by atoms with Gasteiger partial charge in [-0.25, -0.2) is 13.9 Å². The Labute approximate surface area is 200 Å². The van der Waals surface area contributed by atoms with Crippen LogP contribution in [-0.4, -0.2) is 30.2 Å². The molecule has 0 spiro atoms. The number of hydrogen-bond acceptors (Lipinski definition) is 6. The highest BCUT2D eigenvalue weighted by Crippen LogP contribution is 2.26. The van der Waals surface area contributed by atoms with Crippen molar-refractivity contribution in [2.45, 2.75) is 32.7 Å². The van der Waals surface area contributed by atoms with Gasteiger partial charge in [-0.05, 0) is 67.6 Å². The van der Waals surface area contributed by atoms with Crippen LogP contribution in [0.2, 0.25) is 0 Å². The van der Waals surface area contributed by atoms with Gasteiger partial charge in [0, 0.05) is 17.4 Å². The molecule has 1 amide bonds. The maximum atomic E-state index is 12.9. The van der Waals surface area contributed by atoms with Crippen LogP contribution in [-0.2, 0) is 24.2 Å². The molecule has 1 aliphatic rings. The largest absolute Gasteiger partial charge is 0.350 e. The van der Waals surface area contributed by atoms with Gasteiger partial charge in [-0.15, -0.1) is 5.10 Å². The Kier molecular flexibility index (Phi) is 5.02. The molecule has 35 heavy (non-hydrogen) atoms. The third-order valence-corrected chi connectivity index (χ3v) is 6.22. The maximum absolute atomic E-state index is 12.9.